The topological polar surface area (TPSA) is 56.5 Å². The third kappa shape index (κ3) is 3.22. The van der Waals surface area contributed by atoms with E-state index in [2.05, 4.69) is 15.9 Å². The van der Waals surface area contributed by atoms with E-state index in [0.29, 0.717) is 16.2 Å². The smallest absolute Gasteiger partial charge is 0.336 e. The first-order valence-electron chi connectivity index (χ1n) is 6.07. The number of halogens is 1. The lowest BCUT2D eigenvalue weighted by Gasteiger charge is -2.05. The van der Waals surface area contributed by atoms with Crippen LogP contribution in [-0.4, -0.2) is 12.4 Å². The van der Waals surface area contributed by atoms with Crippen LogP contribution in [0.15, 0.2) is 55.5 Å². The largest absolute Gasteiger partial charge is 0.485 e. The molecule has 2 aromatic heterocycles. The zero-order valence-electron chi connectivity index (χ0n) is 10.7. The van der Waals surface area contributed by atoms with Gasteiger partial charge in [-0.1, -0.05) is 0 Å². The fourth-order valence-electron chi connectivity index (χ4n) is 1.81. The van der Waals surface area contributed by atoms with Gasteiger partial charge in [0.15, 0.2) is 6.61 Å². The molecule has 3 aromatic rings. The van der Waals surface area contributed by atoms with Gasteiger partial charge in [0.05, 0.1) is 8.66 Å². The van der Waals surface area contributed by atoms with Gasteiger partial charge in [-0.2, -0.15) is 0 Å². The number of ketones is 1. The highest BCUT2D eigenvalue weighted by atomic mass is 79.9. The highest BCUT2D eigenvalue weighted by molar-refractivity contribution is 9.11. The summed E-state index contributed by atoms with van der Waals surface area (Å²) in [6.07, 6.45) is 0. The van der Waals surface area contributed by atoms with Crippen LogP contribution >= 0.6 is 27.3 Å². The molecule has 21 heavy (non-hydrogen) atoms. The Bertz CT molecular complexity index is 865. The first kappa shape index (κ1) is 14.0. The van der Waals surface area contributed by atoms with Gasteiger partial charge in [0.1, 0.15) is 11.3 Å². The second kappa shape index (κ2) is 5.83. The van der Waals surface area contributed by atoms with Crippen LogP contribution in [0.25, 0.3) is 11.0 Å². The van der Waals surface area contributed by atoms with E-state index in [9.17, 15) is 9.59 Å². The molecule has 0 aliphatic heterocycles. The van der Waals surface area contributed by atoms with E-state index in [4.69, 9.17) is 9.15 Å². The molecule has 0 saturated carbocycles. The van der Waals surface area contributed by atoms with Crippen molar-refractivity contribution < 1.29 is 13.9 Å². The van der Waals surface area contributed by atoms with E-state index in [0.717, 1.165) is 9.17 Å². The lowest BCUT2D eigenvalue weighted by atomic mass is 10.2. The summed E-state index contributed by atoms with van der Waals surface area (Å²) in [5.74, 6) is 0.390. The van der Waals surface area contributed by atoms with Crippen molar-refractivity contribution in [3.8, 4) is 5.75 Å². The number of ether oxygens (including phenoxy) is 1. The predicted octanol–water partition coefficient (Wildman–Crippen LogP) is 3.88. The average Bonchev–Trinajstić information content (AvgIpc) is 2.91. The van der Waals surface area contributed by atoms with Crippen molar-refractivity contribution in [2.24, 2.45) is 0 Å². The van der Waals surface area contributed by atoms with Crippen LogP contribution in [0.5, 0.6) is 5.75 Å². The quantitative estimate of drug-likeness (QED) is 0.520. The van der Waals surface area contributed by atoms with Crippen LogP contribution in [0.1, 0.15) is 9.67 Å². The van der Waals surface area contributed by atoms with E-state index in [1.807, 2.05) is 6.07 Å². The summed E-state index contributed by atoms with van der Waals surface area (Å²) in [4.78, 5) is 23.8. The van der Waals surface area contributed by atoms with Gasteiger partial charge in [-0.15, -0.1) is 11.3 Å². The number of carbonyl (C=O) groups excluding carboxylic acids is 1. The zero-order valence-corrected chi connectivity index (χ0v) is 13.1. The summed E-state index contributed by atoms with van der Waals surface area (Å²) in [5, 5.41) is 0.801. The zero-order chi connectivity index (χ0) is 14.8. The van der Waals surface area contributed by atoms with Crippen LogP contribution in [0.2, 0.25) is 0 Å². The minimum atomic E-state index is -0.417. The number of carbonyl (C=O) groups is 1. The Hall–Kier alpha value is -1.92. The summed E-state index contributed by atoms with van der Waals surface area (Å²) in [6, 6.07) is 11.7. The molecule has 0 saturated heterocycles. The molecule has 3 rings (SSSR count). The Morgan fingerprint density at radius 2 is 2.00 bits per heavy atom. The molecule has 106 valence electrons. The molecule has 0 amide bonds. The Labute approximate surface area is 132 Å². The number of rotatable bonds is 4. The fraction of sp³-hybridized carbons (Fsp3) is 0.0667. The molecule has 0 spiro atoms. The highest BCUT2D eigenvalue weighted by Crippen LogP contribution is 2.23. The molecule has 1 aromatic carbocycles. The van der Waals surface area contributed by atoms with Crippen LogP contribution in [0.4, 0.5) is 0 Å². The van der Waals surface area contributed by atoms with Gasteiger partial charge in [-0.25, -0.2) is 4.79 Å². The van der Waals surface area contributed by atoms with Gasteiger partial charge in [0.25, 0.3) is 0 Å². The summed E-state index contributed by atoms with van der Waals surface area (Å²) in [5.41, 5.74) is 0.0190. The molecule has 6 heteroatoms. The van der Waals surface area contributed by atoms with Crippen molar-refractivity contribution in [1.82, 2.24) is 0 Å². The minimum Gasteiger partial charge on any atom is -0.485 e. The number of hydrogen-bond donors (Lipinski definition) is 0. The van der Waals surface area contributed by atoms with Crippen molar-refractivity contribution in [3.05, 3.63) is 61.5 Å². The summed E-state index contributed by atoms with van der Waals surface area (Å²) in [7, 11) is 0. The number of benzene rings is 1. The molecule has 0 N–H and O–H groups in total. The Morgan fingerprint density at radius 3 is 2.76 bits per heavy atom. The number of hydrogen-bond acceptors (Lipinski definition) is 5. The first-order chi connectivity index (χ1) is 10.1. The standard InChI is InChI=1S/C15H9BrO4S/c16-14-5-4-13(21-14)11(17)8-19-10-3-1-9-2-6-15(18)20-12(9)7-10/h1-7H,8H2. The van der Waals surface area contributed by atoms with Crippen molar-refractivity contribution in [3.63, 3.8) is 0 Å². The monoisotopic (exact) mass is 364 g/mol. The SMILES string of the molecule is O=C(COc1ccc2ccc(=O)oc2c1)c1ccc(Br)s1. The maximum absolute atomic E-state index is 11.9. The van der Waals surface area contributed by atoms with Gasteiger partial charge >= 0.3 is 5.63 Å². The number of thiophene rings is 1. The second-order valence-corrected chi connectivity index (χ2v) is 6.73. The molecule has 0 unspecified atom stereocenters. The van der Waals surface area contributed by atoms with Crippen molar-refractivity contribution in [2.45, 2.75) is 0 Å². The van der Waals surface area contributed by atoms with Crippen LogP contribution in [0, 0.1) is 0 Å². The number of Topliss-reactive ketones (excluding diaryl/α,β-unsaturated/α-hetero) is 1. The molecular weight excluding hydrogens is 356 g/mol. The lowest BCUT2D eigenvalue weighted by Crippen LogP contribution is -2.10. The lowest BCUT2D eigenvalue weighted by molar-refractivity contribution is 0.0925. The minimum absolute atomic E-state index is 0.0600. The van der Waals surface area contributed by atoms with E-state index in [1.54, 1.807) is 30.3 Å². The molecule has 0 radical (unpaired) electrons. The maximum atomic E-state index is 11.9. The van der Waals surface area contributed by atoms with Crippen molar-refractivity contribution in [2.75, 3.05) is 6.61 Å². The normalized spacial score (nSPS) is 10.7. The van der Waals surface area contributed by atoms with Gasteiger partial charge in [0, 0.05) is 17.5 Å². The van der Waals surface area contributed by atoms with Crippen LogP contribution in [0.3, 0.4) is 0 Å². The number of fused-ring (bicyclic) bond motifs is 1. The first-order valence-corrected chi connectivity index (χ1v) is 7.68. The molecule has 0 bridgehead atoms. The molecule has 0 aliphatic rings. The van der Waals surface area contributed by atoms with Crippen molar-refractivity contribution >= 4 is 44.0 Å². The van der Waals surface area contributed by atoms with E-state index >= 15 is 0 Å². The third-order valence-corrected chi connectivity index (χ3v) is 4.48. The van der Waals surface area contributed by atoms with Gasteiger partial charge in [-0.3, -0.25) is 4.79 Å². The summed E-state index contributed by atoms with van der Waals surface area (Å²) in [6.45, 7) is -0.0600. The van der Waals surface area contributed by atoms with Crippen LogP contribution in [-0.2, 0) is 0 Å². The molecule has 0 aliphatic carbocycles. The van der Waals surface area contributed by atoms with E-state index in [1.165, 1.54) is 17.4 Å². The molecule has 4 nitrogen and oxygen atoms in total. The average molecular weight is 365 g/mol. The molecule has 0 atom stereocenters. The highest BCUT2D eigenvalue weighted by Gasteiger charge is 2.10. The maximum Gasteiger partial charge on any atom is 0.336 e. The predicted molar refractivity (Wildman–Crippen MR) is 84.3 cm³/mol. The van der Waals surface area contributed by atoms with Crippen LogP contribution < -0.4 is 10.4 Å². The Balaban J connectivity index is 1.76. The third-order valence-electron chi connectivity index (χ3n) is 2.81. The molecular formula is C15H9BrO4S. The van der Waals surface area contributed by atoms with E-state index < -0.39 is 5.63 Å². The fourth-order valence-corrected chi connectivity index (χ4v) is 3.13. The van der Waals surface area contributed by atoms with Gasteiger partial charge < -0.3 is 9.15 Å². The summed E-state index contributed by atoms with van der Waals surface area (Å²) < 4.78 is 11.4. The second-order valence-electron chi connectivity index (χ2n) is 4.27. The van der Waals surface area contributed by atoms with Crippen molar-refractivity contribution in [1.29, 1.82) is 0 Å². The molecule has 2 heterocycles. The van der Waals surface area contributed by atoms with E-state index in [-0.39, 0.29) is 12.4 Å². The summed E-state index contributed by atoms with van der Waals surface area (Å²) >= 11 is 4.68. The van der Waals surface area contributed by atoms with Gasteiger partial charge in [-0.05, 0) is 46.3 Å². The Kier molecular flexibility index (Phi) is 3.90. The Morgan fingerprint density at radius 1 is 1.19 bits per heavy atom. The molecule has 0 fully saturated rings. The van der Waals surface area contributed by atoms with Gasteiger partial charge in [0.2, 0.25) is 5.78 Å².